The zero-order valence-corrected chi connectivity index (χ0v) is 28.4. The number of nitrogens with two attached hydrogens (primary N) is 1. The number of nitrogens with zero attached hydrogens (tertiary/aromatic N) is 3. The molecule has 15 heteroatoms. The molecule has 0 saturated heterocycles. The Hall–Kier alpha value is -5.09. The maximum atomic E-state index is 14.0. The molecule has 2 aromatic heterocycles. The minimum Gasteiger partial charge on any atom is -0.453 e. The molecule has 0 saturated carbocycles. The Kier molecular flexibility index (Phi) is 11.4. The maximum Gasteiger partial charge on any atom is 0.407 e. The van der Waals surface area contributed by atoms with E-state index in [-0.39, 0.29) is 23.7 Å². The second kappa shape index (κ2) is 15.9. The second-order valence-electron chi connectivity index (χ2n) is 11.0. The standard InChI is InChI=1S/C34H36N6O7S2/c1-22-28(39-47-38-22)20-40(49(44,45)27-16-13-25(35)14-17-27)29(21-41)30-18-15-26(48-30)19-36-33(42)32(37-34(43)46-2)31(23-9-5-3-6-10-23)24-11-7-4-8-12-24/h3-18,29,31-32,41H,19-21,35H2,1-2H3,(H,36,42)(H,37,43)/t29-,32+/m1/s1. The van der Waals surface area contributed by atoms with Crippen molar-refractivity contribution in [2.75, 3.05) is 19.5 Å². The van der Waals surface area contributed by atoms with Gasteiger partial charge in [0.2, 0.25) is 15.9 Å². The van der Waals surface area contributed by atoms with Gasteiger partial charge in [0, 0.05) is 21.4 Å². The number of benzene rings is 3. The first kappa shape index (κ1) is 35.2. The van der Waals surface area contributed by atoms with E-state index in [1.807, 2.05) is 60.7 Å². The third kappa shape index (κ3) is 8.32. The Balaban J connectivity index is 1.41. The van der Waals surface area contributed by atoms with E-state index < -0.39 is 46.6 Å². The average Bonchev–Trinajstić information content (AvgIpc) is 3.76. The van der Waals surface area contributed by atoms with E-state index in [1.54, 1.807) is 19.1 Å². The van der Waals surface area contributed by atoms with Gasteiger partial charge >= 0.3 is 6.09 Å². The number of alkyl carbamates (subject to hydrolysis) is 1. The molecule has 0 radical (unpaired) electrons. The summed E-state index contributed by atoms with van der Waals surface area (Å²) < 4.78 is 38.7. The van der Waals surface area contributed by atoms with Crippen molar-refractivity contribution >= 4 is 39.0 Å². The predicted molar refractivity (Wildman–Crippen MR) is 183 cm³/mol. The van der Waals surface area contributed by atoms with Gasteiger partial charge in [0.05, 0.1) is 37.7 Å². The number of aromatic nitrogens is 2. The number of anilines is 1. The Bertz CT molecular complexity index is 1910. The number of aliphatic hydroxyl groups is 1. The molecule has 3 aromatic carbocycles. The van der Waals surface area contributed by atoms with Crippen molar-refractivity contribution in [3.63, 3.8) is 0 Å². The van der Waals surface area contributed by atoms with E-state index in [0.717, 1.165) is 15.4 Å². The topological polar surface area (TPSA) is 190 Å². The lowest BCUT2D eigenvalue weighted by molar-refractivity contribution is -0.123. The number of hydrogen-bond acceptors (Lipinski definition) is 11. The third-order valence-corrected chi connectivity index (χ3v) is 11.0. The number of nitrogen functional groups attached to an aromatic ring is 1. The van der Waals surface area contributed by atoms with Crippen LogP contribution >= 0.6 is 11.3 Å². The summed E-state index contributed by atoms with van der Waals surface area (Å²) in [5, 5.41) is 23.8. The smallest absolute Gasteiger partial charge is 0.407 e. The summed E-state index contributed by atoms with van der Waals surface area (Å²) in [4.78, 5) is 27.5. The lowest BCUT2D eigenvalue weighted by atomic mass is 9.84. The first-order valence-electron chi connectivity index (χ1n) is 15.2. The van der Waals surface area contributed by atoms with Gasteiger partial charge in [-0.15, -0.1) is 11.3 Å². The summed E-state index contributed by atoms with van der Waals surface area (Å²) in [6.07, 6.45) is -0.763. The van der Waals surface area contributed by atoms with Crippen LogP contribution in [0.1, 0.15) is 44.2 Å². The van der Waals surface area contributed by atoms with Gasteiger partial charge in [-0.3, -0.25) is 4.79 Å². The Labute approximate surface area is 287 Å². The second-order valence-corrected chi connectivity index (χ2v) is 14.1. The van der Waals surface area contributed by atoms with E-state index in [1.165, 1.54) is 42.7 Å². The fourth-order valence-corrected chi connectivity index (χ4v) is 8.02. The molecule has 0 aliphatic carbocycles. The van der Waals surface area contributed by atoms with Gasteiger partial charge in [-0.1, -0.05) is 71.0 Å². The number of aryl methyl sites for hydroxylation is 1. The van der Waals surface area contributed by atoms with Crippen LogP contribution in [0.2, 0.25) is 0 Å². The lowest BCUT2D eigenvalue weighted by Crippen LogP contribution is -2.50. The molecule has 0 spiro atoms. The molecule has 2 heterocycles. The summed E-state index contributed by atoms with van der Waals surface area (Å²) in [7, 11) is -2.95. The third-order valence-electron chi connectivity index (χ3n) is 7.90. The molecule has 0 fully saturated rings. The normalized spacial score (nSPS) is 12.8. The van der Waals surface area contributed by atoms with Crippen molar-refractivity contribution in [2.45, 2.75) is 42.9 Å². The van der Waals surface area contributed by atoms with Crippen LogP contribution in [-0.2, 0) is 32.6 Å². The quantitative estimate of drug-likeness (QED) is 0.122. The number of thiophene rings is 1. The number of aliphatic hydroxyl groups excluding tert-OH is 1. The number of carbonyl (C=O) groups is 2. The molecule has 5 rings (SSSR count). The first-order chi connectivity index (χ1) is 23.6. The number of nitrogens with one attached hydrogen (secondary N) is 2. The Morgan fingerprint density at radius 2 is 1.59 bits per heavy atom. The van der Waals surface area contributed by atoms with Gasteiger partial charge in [-0.25, -0.2) is 17.8 Å². The molecule has 13 nitrogen and oxygen atoms in total. The lowest BCUT2D eigenvalue weighted by Gasteiger charge is -2.28. The monoisotopic (exact) mass is 704 g/mol. The van der Waals surface area contributed by atoms with Gasteiger partial charge < -0.3 is 26.2 Å². The highest BCUT2D eigenvalue weighted by Gasteiger charge is 2.36. The summed E-state index contributed by atoms with van der Waals surface area (Å²) in [6.45, 7) is 0.931. The molecule has 5 aromatic rings. The summed E-state index contributed by atoms with van der Waals surface area (Å²) >= 11 is 1.23. The fourth-order valence-electron chi connectivity index (χ4n) is 5.34. The highest BCUT2D eigenvalue weighted by Crippen LogP contribution is 2.34. The van der Waals surface area contributed by atoms with Crippen molar-refractivity contribution in [1.82, 2.24) is 25.3 Å². The van der Waals surface area contributed by atoms with Crippen LogP contribution in [0.3, 0.4) is 0 Å². The summed E-state index contributed by atoms with van der Waals surface area (Å²) in [5.74, 6) is -1.00. The van der Waals surface area contributed by atoms with Gasteiger partial charge in [-0.05, 0) is 54.4 Å². The van der Waals surface area contributed by atoms with Crippen LogP contribution in [0, 0.1) is 6.92 Å². The molecule has 5 N–H and O–H groups in total. The van der Waals surface area contributed by atoms with Gasteiger partial charge in [0.25, 0.3) is 0 Å². The molecule has 0 bridgehead atoms. The van der Waals surface area contributed by atoms with E-state index in [0.29, 0.717) is 21.1 Å². The minimum absolute atomic E-state index is 0.0196. The van der Waals surface area contributed by atoms with Gasteiger partial charge in [0.15, 0.2) is 0 Å². The van der Waals surface area contributed by atoms with Crippen molar-refractivity contribution in [3.8, 4) is 0 Å². The number of hydrogen-bond donors (Lipinski definition) is 4. The fraction of sp³-hybridized carbons (Fsp3) is 0.235. The zero-order chi connectivity index (χ0) is 35.0. The van der Waals surface area contributed by atoms with Crippen LogP contribution in [0.25, 0.3) is 0 Å². The molecule has 49 heavy (non-hydrogen) atoms. The van der Waals surface area contributed by atoms with Crippen LogP contribution < -0.4 is 16.4 Å². The van der Waals surface area contributed by atoms with E-state index in [9.17, 15) is 23.1 Å². The van der Waals surface area contributed by atoms with E-state index >= 15 is 0 Å². The number of carbonyl (C=O) groups excluding carboxylic acids is 2. The predicted octanol–water partition coefficient (Wildman–Crippen LogP) is 4.12. The Morgan fingerprint density at radius 3 is 2.14 bits per heavy atom. The first-order valence-corrected chi connectivity index (χ1v) is 17.4. The molecule has 2 atom stereocenters. The SMILES string of the molecule is COC(=O)N[C@H](C(=O)NCc1ccc([C@@H](CO)N(Cc2nonc2C)S(=O)(=O)c2ccc(N)cc2)s1)C(c1ccccc1)c1ccccc1. The van der Waals surface area contributed by atoms with Crippen molar-refractivity contribution in [3.05, 3.63) is 129 Å². The highest BCUT2D eigenvalue weighted by molar-refractivity contribution is 7.89. The van der Waals surface area contributed by atoms with Crippen molar-refractivity contribution < 1.29 is 32.5 Å². The van der Waals surface area contributed by atoms with Gasteiger partial charge in [-0.2, -0.15) is 4.31 Å². The van der Waals surface area contributed by atoms with Crippen LogP contribution in [-0.4, -0.2) is 59.9 Å². The molecule has 0 unspecified atom stereocenters. The summed E-state index contributed by atoms with van der Waals surface area (Å²) in [5.41, 5.74) is 8.52. The number of rotatable bonds is 14. The van der Waals surface area contributed by atoms with E-state index in [4.69, 9.17) is 15.1 Å². The minimum atomic E-state index is -4.18. The highest BCUT2D eigenvalue weighted by atomic mass is 32.2. The summed E-state index contributed by atoms with van der Waals surface area (Å²) in [6, 6.07) is 25.9. The van der Waals surface area contributed by atoms with Crippen molar-refractivity contribution in [2.24, 2.45) is 0 Å². The molecule has 0 aliphatic heterocycles. The number of amides is 2. The molecular formula is C34H36N6O7S2. The molecule has 256 valence electrons. The van der Waals surface area contributed by atoms with Gasteiger partial charge in [0.1, 0.15) is 17.4 Å². The largest absolute Gasteiger partial charge is 0.453 e. The van der Waals surface area contributed by atoms with E-state index in [2.05, 4.69) is 20.9 Å². The van der Waals surface area contributed by atoms with Crippen LogP contribution in [0.4, 0.5) is 10.5 Å². The molecular weight excluding hydrogens is 669 g/mol. The molecule has 2 amide bonds. The average molecular weight is 705 g/mol. The number of methoxy groups -OCH3 is 1. The van der Waals surface area contributed by atoms with Crippen LogP contribution in [0.5, 0.6) is 0 Å². The number of sulfonamides is 1. The number of ether oxygens (including phenoxy) is 1. The van der Waals surface area contributed by atoms with Crippen LogP contribution in [0.15, 0.2) is 107 Å². The van der Waals surface area contributed by atoms with Crippen molar-refractivity contribution in [1.29, 1.82) is 0 Å². The Morgan fingerprint density at radius 1 is 0.959 bits per heavy atom. The zero-order valence-electron chi connectivity index (χ0n) is 26.7. The molecule has 0 aliphatic rings. The maximum absolute atomic E-state index is 14.0.